The summed E-state index contributed by atoms with van der Waals surface area (Å²) in [6.07, 6.45) is 6.18. The van der Waals surface area contributed by atoms with Gasteiger partial charge in [-0.1, -0.05) is 19.3 Å². The Morgan fingerprint density at radius 3 is 2.48 bits per heavy atom. The van der Waals surface area contributed by atoms with E-state index in [4.69, 9.17) is 0 Å². The van der Waals surface area contributed by atoms with E-state index in [9.17, 15) is 9.50 Å². The van der Waals surface area contributed by atoms with E-state index < -0.39 is 0 Å². The zero-order valence-electron chi connectivity index (χ0n) is 13.9. The van der Waals surface area contributed by atoms with Crippen LogP contribution in [0.5, 0.6) is 5.75 Å². The van der Waals surface area contributed by atoms with Gasteiger partial charge in [-0.05, 0) is 43.4 Å². The molecule has 3 nitrogen and oxygen atoms in total. The molecule has 1 aliphatic carbocycles. The van der Waals surface area contributed by atoms with Gasteiger partial charge in [-0.25, -0.2) is 4.39 Å². The molecule has 1 saturated carbocycles. The first kappa shape index (κ1) is 18.5. The monoisotopic (exact) mass is 342 g/mol. The Kier molecular flexibility index (Phi) is 6.69. The number of phenolic OH excluding ortho intramolecular Hbond substituents is 1. The Hall–Kier alpha value is -0.840. The van der Waals surface area contributed by atoms with E-state index >= 15 is 0 Å². The first-order valence-electron chi connectivity index (χ1n) is 8.60. The summed E-state index contributed by atoms with van der Waals surface area (Å²) < 4.78 is 14.0. The Bertz CT molecular complexity index is 496. The van der Waals surface area contributed by atoms with Gasteiger partial charge in [0.2, 0.25) is 0 Å². The topological polar surface area (TPSA) is 35.5 Å². The van der Waals surface area contributed by atoms with Crippen molar-refractivity contribution < 1.29 is 9.50 Å². The number of benzene rings is 1. The number of hydrogen-bond acceptors (Lipinski definition) is 3. The van der Waals surface area contributed by atoms with E-state index in [2.05, 4.69) is 10.2 Å². The average Bonchev–Trinajstić information content (AvgIpc) is 2.54. The molecule has 3 rings (SSSR count). The fourth-order valence-electron chi connectivity index (χ4n) is 4.15. The lowest BCUT2D eigenvalue weighted by molar-refractivity contribution is 0.101. The predicted octanol–water partition coefficient (Wildman–Crippen LogP) is 3.79. The van der Waals surface area contributed by atoms with E-state index in [0.29, 0.717) is 11.5 Å². The van der Waals surface area contributed by atoms with Gasteiger partial charge in [-0.15, -0.1) is 12.4 Å². The molecule has 0 unspecified atom stereocenters. The second-order valence-electron chi connectivity index (χ2n) is 6.79. The Morgan fingerprint density at radius 2 is 1.83 bits per heavy atom. The van der Waals surface area contributed by atoms with Crippen molar-refractivity contribution in [1.82, 2.24) is 10.2 Å². The highest BCUT2D eigenvalue weighted by Crippen LogP contribution is 2.42. The second-order valence-corrected chi connectivity index (χ2v) is 6.79. The van der Waals surface area contributed by atoms with Crippen molar-refractivity contribution in [3.05, 3.63) is 29.1 Å². The SMILES string of the molecule is Cc1cc(F)cc([C@H](C2CCCCC2)N2CCNCC2)c1O.Cl. The van der Waals surface area contributed by atoms with Crippen molar-refractivity contribution in [3.8, 4) is 5.75 Å². The van der Waals surface area contributed by atoms with Gasteiger partial charge >= 0.3 is 0 Å². The predicted molar refractivity (Wildman–Crippen MR) is 93.8 cm³/mol. The molecule has 0 radical (unpaired) electrons. The molecule has 1 aromatic carbocycles. The molecule has 2 fully saturated rings. The summed E-state index contributed by atoms with van der Waals surface area (Å²) in [5, 5.41) is 13.9. The highest BCUT2D eigenvalue weighted by atomic mass is 35.5. The van der Waals surface area contributed by atoms with Crippen molar-refractivity contribution in [2.24, 2.45) is 5.92 Å². The number of nitrogens with one attached hydrogen (secondary N) is 1. The van der Waals surface area contributed by atoms with Crippen LogP contribution in [0.15, 0.2) is 12.1 Å². The summed E-state index contributed by atoms with van der Waals surface area (Å²) >= 11 is 0. The number of halogens is 2. The van der Waals surface area contributed by atoms with E-state index in [0.717, 1.165) is 31.7 Å². The number of hydrogen-bond donors (Lipinski definition) is 2. The minimum absolute atomic E-state index is 0. The van der Waals surface area contributed by atoms with Crippen molar-refractivity contribution in [2.45, 2.75) is 45.1 Å². The number of rotatable bonds is 3. The molecule has 23 heavy (non-hydrogen) atoms. The molecule has 5 heteroatoms. The lowest BCUT2D eigenvalue weighted by Gasteiger charge is -2.41. The lowest BCUT2D eigenvalue weighted by Crippen LogP contribution is -2.47. The fraction of sp³-hybridized carbons (Fsp3) is 0.667. The van der Waals surface area contributed by atoms with Crippen LogP contribution in [0, 0.1) is 18.7 Å². The summed E-state index contributed by atoms with van der Waals surface area (Å²) in [6.45, 7) is 5.67. The highest BCUT2D eigenvalue weighted by molar-refractivity contribution is 5.85. The summed E-state index contributed by atoms with van der Waals surface area (Å²) in [7, 11) is 0. The molecule has 1 atom stereocenters. The van der Waals surface area contributed by atoms with Crippen molar-refractivity contribution in [2.75, 3.05) is 26.2 Å². The first-order chi connectivity index (χ1) is 10.7. The van der Waals surface area contributed by atoms with Gasteiger partial charge in [0.15, 0.2) is 0 Å². The van der Waals surface area contributed by atoms with Crippen LogP contribution < -0.4 is 5.32 Å². The molecule has 2 N–H and O–H groups in total. The summed E-state index contributed by atoms with van der Waals surface area (Å²) in [4.78, 5) is 2.44. The molecule has 0 aromatic heterocycles. The average molecular weight is 343 g/mol. The van der Waals surface area contributed by atoms with Gasteiger partial charge in [-0.2, -0.15) is 0 Å². The Labute approximate surface area is 144 Å². The van der Waals surface area contributed by atoms with Crippen molar-refractivity contribution >= 4 is 12.4 Å². The van der Waals surface area contributed by atoms with Gasteiger partial charge in [0.05, 0.1) is 0 Å². The molecule has 0 bridgehead atoms. The van der Waals surface area contributed by atoms with Crippen LogP contribution in [-0.4, -0.2) is 36.2 Å². The minimum Gasteiger partial charge on any atom is -0.507 e. The van der Waals surface area contributed by atoms with Gasteiger partial charge in [0.1, 0.15) is 11.6 Å². The normalized spacial score (nSPS) is 21.7. The molecule has 1 heterocycles. The van der Waals surface area contributed by atoms with Crippen molar-refractivity contribution in [3.63, 3.8) is 0 Å². The quantitative estimate of drug-likeness (QED) is 0.877. The largest absolute Gasteiger partial charge is 0.507 e. The van der Waals surface area contributed by atoms with Crippen LogP contribution in [0.1, 0.15) is 49.3 Å². The van der Waals surface area contributed by atoms with Gasteiger partial charge < -0.3 is 10.4 Å². The smallest absolute Gasteiger partial charge is 0.124 e. The Balaban J connectivity index is 0.00000192. The third-order valence-electron chi connectivity index (χ3n) is 5.25. The number of phenols is 1. The van der Waals surface area contributed by atoms with Gasteiger partial charge in [0, 0.05) is 37.8 Å². The maximum Gasteiger partial charge on any atom is 0.124 e. The third-order valence-corrected chi connectivity index (χ3v) is 5.25. The van der Waals surface area contributed by atoms with E-state index in [-0.39, 0.29) is 30.0 Å². The summed E-state index contributed by atoms with van der Waals surface area (Å²) in [5.74, 6) is 0.579. The molecule has 2 aliphatic rings. The zero-order chi connectivity index (χ0) is 15.5. The fourth-order valence-corrected chi connectivity index (χ4v) is 4.15. The minimum atomic E-state index is -0.235. The Morgan fingerprint density at radius 1 is 1.17 bits per heavy atom. The molecule has 1 aromatic rings. The van der Waals surface area contributed by atoms with Crippen molar-refractivity contribution in [1.29, 1.82) is 0 Å². The lowest BCUT2D eigenvalue weighted by atomic mass is 9.79. The molecular formula is C18H28ClFN2O. The van der Waals surface area contributed by atoms with E-state index in [1.165, 1.54) is 38.2 Å². The maximum atomic E-state index is 14.0. The third kappa shape index (κ3) is 4.17. The zero-order valence-corrected chi connectivity index (χ0v) is 14.7. The number of aromatic hydroxyl groups is 1. The van der Waals surface area contributed by atoms with Crippen LogP contribution in [0.25, 0.3) is 0 Å². The van der Waals surface area contributed by atoms with Crippen LogP contribution in [0.4, 0.5) is 4.39 Å². The molecule has 130 valence electrons. The van der Waals surface area contributed by atoms with E-state index in [1.807, 2.05) is 0 Å². The van der Waals surface area contributed by atoms with Crippen LogP contribution >= 0.6 is 12.4 Å². The summed E-state index contributed by atoms with van der Waals surface area (Å²) in [6, 6.07) is 3.13. The first-order valence-corrected chi connectivity index (χ1v) is 8.60. The maximum absolute atomic E-state index is 14.0. The second kappa shape index (κ2) is 8.32. The molecular weight excluding hydrogens is 315 g/mol. The number of piperazine rings is 1. The van der Waals surface area contributed by atoms with E-state index in [1.54, 1.807) is 13.0 Å². The van der Waals surface area contributed by atoms with Crippen LogP contribution in [-0.2, 0) is 0 Å². The number of aryl methyl sites for hydroxylation is 1. The molecule has 0 amide bonds. The molecule has 0 spiro atoms. The number of nitrogens with zero attached hydrogens (tertiary/aromatic N) is 1. The van der Waals surface area contributed by atoms with Crippen LogP contribution in [0.2, 0.25) is 0 Å². The molecule has 1 saturated heterocycles. The summed E-state index contributed by atoms with van der Waals surface area (Å²) in [5.41, 5.74) is 1.44. The standard InChI is InChI=1S/C18H27FN2O.ClH/c1-13-11-15(19)12-16(18(13)22)17(14-5-3-2-4-6-14)21-9-7-20-8-10-21;/h11-12,14,17,20,22H,2-10H2,1H3;1H/t17-;/m0./s1. The van der Waals surface area contributed by atoms with Gasteiger partial charge in [-0.3, -0.25) is 4.90 Å². The highest BCUT2D eigenvalue weighted by Gasteiger charge is 2.33. The molecule has 1 aliphatic heterocycles. The van der Waals surface area contributed by atoms with Gasteiger partial charge in [0.25, 0.3) is 0 Å². The van der Waals surface area contributed by atoms with Crippen LogP contribution in [0.3, 0.4) is 0 Å².